The van der Waals surface area contributed by atoms with Gasteiger partial charge in [0.05, 0.1) is 0 Å². The van der Waals surface area contributed by atoms with Gasteiger partial charge in [0.2, 0.25) is 0 Å². The fourth-order valence-electron chi connectivity index (χ4n) is 4.43. The summed E-state index contributed by atoms with van der Waals surface area (Å²) < 4.78 is 0. The van der Waals surface area contributed by atoms with E-state index in [-0.39, 0.29) is 0 Å². The first-order valence-electron chi connectivity index (χ1n) is 8.51. The average Bonchev–Trinajstić information content (AvgIpc) is 2.44. The number of fused-ring (bicyclic) bond motifs is 3. The predicted octanol–water partition coefficient (Wildman–Crippen LogP) is 4.46. The van der Waals surface area contributed by atoms with Gasteiger partial charge < -0.3 is 4.90 Å². The fourth-order valence-corrected chi connectivity index (χ4v) is 4.43. The molecule has 1 heterocycles. The van der Waals surface area contributed by atoms with Gasteiger partial charge in [-0.15, -0.1) is 0 Å². The van der Waals surface area contributed by atoms with Crippen LogP contribution in [0.4, 0.5) is 0 Å². The molecule has 0 spiro atoms. The number of unbranched alkanes of at least 4 members (excludes halogenated alkanes) is 1. The molecule has 0 radical (unpaired) electrons. The van der Waals surface area contributed by atoms with E-state index in [1.807, 2.05) is 0 Å². The molecule has 0 unspecified atom stereocenters. The molecule has 20 heavy (non-hydrogen) atoms. The molecule has 0 saturated carbocycles. The van der Waals surface area contributed by atoms with Gasteiger partial charge in [-0.1, -0.05) is 31.0 Å². The average molecular weight is 271 g/mol. The molecule has 1 nitrogen and oxygen atoms in total. The number of hydrogen-bond acceptors (Lipinski definition) is 1. The third-order valence-electron chi connectivity index (χ3n) is 5.46. The number of rotatable bonds is 3. The summed E-state index contributed by atoms with van der Waals surface area (Å²) in [4.78, 5) is 2.72. The number of benzene rings is 1. The predicted molar refractivity (Wildman–Crippen MR) is 86.4 cm³/mol. The molecule has 1 aromatic carbocycles. The van der Waals surface area contributed by atoms with Crippen molar-refractivity contribution in [3.05, 3.63) is 34.4 Å². The molecule has 0 amide bonds. The Kier molecular flexibility index (Phi) is 4.16. The molecule has 2 aliphatic rings. The van der Waals surface area contributed by atoms with E-state index < -0.39 is 0 Å². The fraction of sp³-hybridized carbons (Fsp3) is 0.684. The van der Waals surface area contributed by atoms with Crippen LogP contribution in [0.5, 0.6) is 0 Å². The van der Waals surface area contributed by atoms with Crippen molar-refractivity contribution in [2.45, 2.75) is 58.8 Å². The molecular weight excluding hydrogens is 242 g/mol. The number of nitrogens with zero attached hydrogens (tertiary/aromatic N) is 1. The number of likely N-dealkylation sites (tertiary alicyclic amines) is 1. The van der Waals surface area contributed by atoms with Crippen LogP contribution in [-0.4, -0.2) is 24.5 Å². The van der Waals surface area contributed by atoms with Crippen LogP contribution in [0.25, 0.3) is 0 Å². The molecule has 1 aliphatic carbocycles. The second kappa shape index (κ2) is 5.89. The Labute approximate surface area is 124 Å². The summed E-state index contributed by atoms with van der Waals surface area (Å²) in [5.41, 5.74) is 6.37. The quantitative estimate of drug-likeness (QED) is 0.785. The molecule has 1 aromatic rings. The zero-order valence-electron chi connectivity index (χ0n) is 13.4. The molecule has 0 N–H and O–H groups in total. The van der Waals surface area contributed by atoms with Crippen LogP contribution in [0.2, 0.25) is 0 Å². The van der Waals surface area contributed by atoms with Crippen LogP contribution >= 0.6 is 0 Å². The maximum Gasteiger partial charge on any atom is 0.00156 e. The molecule has 3 rings (SSSR count). The normalized spacial score (nSPS) is 26.1. The number of hydrogen-bond donors (Lipinski definition) is 0. The van der Waals surface area contributed by atoms with Crippen molar-refractivity contribution < 1.29 is 0 Å². The van der Waals surface area contributed by atoms with E-state index in [1.54, 1.807) is 11.1 Å². The van der Waals surface area contributed by atoms with E-state index in [0.29, 0.717) is 0 Å². The Morgan fingerprint density at radius 3 is 2.85 bits per heavy atom. The lowest BCUT2D eigenvalue weighted by molar-refractivity contribution is 0.139. The minimum atomic E-state index is 0.843. The van der Waals surface area contributed by atoms with Crippen molar-refractivity contribution in [3.8, 4) is 0 Å². The van der Waals surface area contributed by atoms with Gasteiger partial charge in [0.1, 0.15) is 0 Å². The highest BCUT2D eigenvalue weighted by Gasteiger charge is 2.34. The van der Waals surface area contributed by atoms with Crippen LogP contribution in [0.3, 0.4) is 0 Å². The lowest BCUT2D eigenvalue weighted by atomic mass is 9.70. The lowest BCUT2D eigenvalue weighted by Crippen LogP contribution is -2.41. The van der Waals surface area contributed by atoms with Gasteiger partial charge in [-0.2, -0.15) is 0 Å². The second-order valence-corrected chi connectivity index (χ2v) is 7.00. The van der Waals surface area contributed by atoms with Crippen LogP contribution in [0.1, 0.15) is 60.8 Å². The van der Waals surface area contributed by atoms with Gasteiger partial charge >= 0.3 is 0 Å². The van der Waals surface area contributed by atoms with Crippen molar-refractivity contribution in [2.24, 2.45) is 5.92 Å². The Balaban J connectivity index is 1.78. The van der Waals surface area contributed by atoms with Crippen LogP contribution < -0.4 is 0 Å². The van der Waals surface area contributed by atoms with Gasteiger partial charge in [-0.3, -0.25) is 0 Å². The summed E-state index contributed by atoms with van der Waals surface area (Å²) in [7, 11) is 0. The molecule has 0 bridgehead atoms. The van der Waals surface area contributed by atoms with E-state index >= 15 is 0 Å². The van der Waals surface area contributed by atoms with Crippen LogP contribution in [-0.2, 0) is 6.42 Å². The molecule has 1 heteroatoms. The summed E-state index contributed by atoms with van der Waals surface area (Å²) in [6.45, 7) is 10.8. The van der Waals surface area contributed by atoms with E-state index in [2.05, 4.69) is 37.8 Å². The third kappa shape index (κ3) is 2.65. The van der Waals surface area contributed by atoms with Crippen LogP contribution in [0.15, 0.2) is 12.1 Å². The van der Waals surface area contributed by atoms with Crippen molar-refractivity contribution in [3.63, 3.8) is 0 Å². The molecule has 1 saturated heterocycles. The first-order valence-corrected chi connectivity index (χ1v) is 8.51. The maximum absolute atomic E-state index is 2.72. The van der Waals surface area contributed by atoms with Gasteiger partial charge in [0.25, 0.3) is 0 Å². The summed E-state index contributed by atoms with van der Waals surface area (Å²) in [5.74, 6) is 1.75. The summed E-state index contributed by atoms with van der Waals surface area (Å²) >= 11 is 0. The minimum Gasteiger partial charge on any atom is -0.303 e. The summed E-state index contributed by atoms with van der Waals surface area (Å²) in [5, 5.41) is 0. The van der Waals surface area contributed by atoms with Crippen molar-refractivity contribution in [2.75, 3.05) is 19.6 Å². The minimum absolute atomic E-state index is 0.843. The maximum atomic E-state index is 2.72. The van der Waals surface area contributed by atoms with E-state index in [4.69, 9.17) is 0 Å². The summed E-state index contributed by atoms with van der Waals surface area (Å²) in [6.07, 6.45) is 6.79. The van der Waals surface area contributed by atoms with Gasteiger partial charge in [-0.25, -0.2) is 0 Å². The number of aryl methyl sites for hydroxylation is 2. The molecule has 2 atom stereocenters. The molecule has 1 fully saturated rings. The monoisotopic (exact) mass is 271 g/mol. The van der Waals surface area contributed by atoms with E-state index in [1.165, 1.54) is 62.9 Å². The van der Waals surface area contributed by atoms with Gasteiger partial charge in [-0.05, 0) is 81.1 Å². The SMILES string of the molecule is CCCCN1CC[C@H]2c3cc(C)cc(C)c3CC[C@@H]2C1. The topological polar surface area (TPSA) is 3.24 Å². The Hall–Kier alpha value is -0.820. The standard InChI is InChI=1S/C19H29N/c1-4-5-9-20-10-8-18-16(13-20)6-7-17-15(3)11-14(2)12-19(17)18/h11-12,16,18H,4-10,13H2,1-3H3/t16-,18-/m1/s1. The first kappa shape index (κ1) is 14.1. The summed E-state index contributed by atoms with van der Waals surface area (Å²) in [6, 6.07) is 4.86. The molecule has 1 aliphatic heterocycles. The Morgan fingerprint density at radius 2 is 2.05 bits per heavy atom. The molecule has 0 aromatic heterocycles. The highest BCUT2D eigenvalue weighted by molar-refractivity contribution is 5.42. The zero-order valence-corrected chi connectivity index (χ0v) is 13.4. The van der Waals surface area contributed by atoms with Crippen molar-refractivity contribution in [1.29, 1.82) is 0 Å². The Bertz CT molecular complexity index is 477. The van der Waals surface area contributed by atoms with Crippen LogP contribution in [0, 0.1) is 19.8 Å². The molecular formula is C19H29N. The van der Waals surface area contributed by atoms with Gasteiger partial charge in [0.15, 0.2) is 0 Å². The van der Waals surface area contributed by atoms with Crippen molar-refractivity contribution >= 4 is 0 Å². The zero-order chi connectivity index (χ0) is 14.1. The van der Waals surface area contributed by atoms with E-state index in [0.717, 1.165) is 11.8 Å². The first-order chi connectivity index (χ1) is 9.69. The smallest absolute Gasteiger partial charge is 0.00156 e. The Morgan fingerprint density at radius 1 is 1.20 bits per heavy atom. The highest BCUT2D eigenvalue weighted by atomic mass is 15.1. The van der Waals surface area contributed by atoms with Crippen molar-refractivity contribution in [1.82, 2.24) is 4.90 Å². The second-order valence-electron chi connectivity index (χ2n) is 7.00. The highest BCUT2D eigenvalue weighted by Crippen LogP contribution is 2.42. The third-order valence-corrected chi connectivity index (χ3v) is 5.46. The lowest BCUT2D eigenvalue weighted by Gasteiger charge is -2.43. The van der Waals surface area contributed by atoms with E-state index in [9.17, 15) is 0 Å². The number of piperidine rings is 1. The molecule has 110 valence electrons. The largest absolute Gasteiger partial charge is 0.303 e. The van der Waals surface area contributed by atoms with Gasteiger partial charge in [0, 0.05) is 6.54 Å².